The Kier molecular flexibility index (Phi) is 4.27. The molecule has 0 aliphatic carbocycles. The maximum absolute atomic E-state index is 12.6. The molecule has 0 heterocycles. The van der Waals surface area contributed by atoms with Crippen molar-refractivity contribution in [3.63, 3.8) is 0 Å². The van der Waals surface area contributed by atoms with Gasteiger partial charge in [-0.1, -0.05) is 24.3 Å². The highest BCUT2D eigenvalue weighted by Gasteiger charge is 2.15. The van der Waals surface area contributed by atoms with Crippen LogP contribution in [0.25, 0.3) is 0 Å². The Morgan fingerprint density at radius 1 is 1.11 bits per heavy atom. The summed E-state index contributed by atoms with van der Waals surface area (Å²) in [5, 5.41) is 0. The predicted molar refractivity (Wildman–Crippen MR) is 82.1 cm³/mol. The van der Waals surface area contributed by atoms with Crippen LogP contribution in [0.5, 0.6) is 0 Å². The van der Waals surface area contributed by atoms with Crippen LogP contribution in [-0.2, 0) is 0 Å². The van der Waals surface area contributed by atoms with Crippen LogP contribution in [0, 0.1) is 6.92 Å². The van der Waals surface area contributed by atoms with E-state index in [1.54, 1.807) is 16.7 Å². The SMILES string of the molecule is CSc1ccc(C)c(C(=O)N(C)c2ccccc2)c1. The number of aryl methyl sites for hydroxylation is 1. The minimum atomic E-state index is 0.0274. The fraction of sp³-hybridized carbons (Fsp3) is 0.188. The lowest BCUT2D eigenvalue weighted by Crippen LogP contribution is -2.26. The van der Waals surface area contributed by atoms with Gasteiger partial charge in [0, 0.05) is 23.2 Å². The van der Waals surface area contributed by atoms with E-state index in [1.807, 2.05) is 68.8 Å². The summed E-state index contributed by atoms with van der Waals surface area (Å²) in [5.41, 5.74) is 2.67. The summed E-state index contributed by atoms with van der Waals surface area (Å²) in [6.45, 7) is 1.97. The van der Waals surface area contributed by atoms with Gasteiger partial charge in [-0.05, 0) is 43.0 Å². The molecule has 2 nitrogen and oxygen atoms in total. The van der Waals surface area contributed by atoms with E-state index in [1.165, 1.54) is 0 Å². The molecule has 0 fully saturated rings. The highest BCUT2D eigenvalue weighted by atomic mass is 32.2. The summed E-state index contributed by atoms with van der Waals surface area (Å²) >= 11 is 1.65. The highest BCUT2D eigenvalue weighted by Crippen LogP contribution is 2.22. The molecule has 0 saturated heterocycles. The van der Waals surface area contributed by atoms with Gasteiger partial charge in [0.25, 0.3) is 5.91 Å². The Morgan fingerprint density at radius 3 is 2.42 bits per heavy atom. The molecule has 0 saturated carbocycles. The van der Waals surface area contributed by atoms with Crippen molar-refractivity contribution in [3.05, 3.63) is 59.7 Å². The Labute approximate surface area is 118 Å². The Balaban J connectivity index is 2.34. The molecule has 0 aromatic heterocycles. The van der Waals surface area contributed by atoms with Crippen LogP contribution < -0.4 is 4.90 Å². The summed E-state index contributed by atoms with van der Waals surface area (Å²) in [7, 11) is 1.81. The van der Waals surface area contributed by atoms with Gasteiger partial charge >= 0.3 is 0 Å². The van der Waals surface area contributed by atoms with Crippen LogP contribution in [-0.4, -0.2) is 19.2 Å². The molecule has 19 heavy (non-hydrogen) atoms. The van der Waals surface area contributed by atoms with Crippen molar-refractivity contribution in [2.75, 3.05) is 18.2 Å². The van der Waals surface area contributed by atoms with E-state index < -0.39 is 0 Å². The first-order chi connectivity index (χ1) is 9.13. The molecule has 98 valence electrons. The monoisotopic (exact) mass is 271 g/mol. The summed E-state index contributed by atoms with van der Waals surface area (Å²) in [4.78, 5) is 15.3. The Bertz CT molecular complexity index is 581. The molecule has 0 atom stereocenters. The molecule has 3 heteroatoms. The Morgan fingerprint density at radius 2 is 1.79 bits per heavy atom. The van der Waals surface area contributed by atoms with Crippen molar-refractivity contribution < 1.29 is 4.79 Å². The van der Waals surface area contributed by atoms with E-state index in [2.05, 4.69) is 0 Å². The topological polar surface area (TPSA) is 20.3 Å². The number of amides is 1. The average Bonchev–Trinajstić information content (AvgIpc) is 2.47. The van der Waals surface area contributed by atoms with Gasteiger partial charge in [-0.2, -0.15) is 0 Å². The van der Waals surface area contributed by atoms with Crippen LogP contribution >= 0.6 is 11.8 Å². The lowest BCUT2D eigenvalue weighted by atomic mass is 10.1. The molecule has 0 bridgehead atoms. The highest BCUT2D eigenvalue weighted by molar-refractivity contribution is 7.98. The van der Waals surface area contributed by atoms with Crippen molar-refractivity contribution in [1.29, 1.82) is 0 Å². The molecular weight excluding hydrogens is 254 g/mol. The summed E-state index contributed by atoms with van der Waals surface area (Å²) < 4.78 is 0. The fourth-order valence-corrected chi connectivity index (χ4v) is 2.35. The zero-order valence-electron chi connectivity index (χ0n) is 11.4. The zero-order valence-corrected chi connectivity index (χ0v) is 12.2. The van der Waals surface area contributed by atoms with Gasteiger partial charge in [-0.25, -0.2) is 0 Å². The maximum atomic E-state index is 12.6. The van der Waals surface area contributed by atoms with Crippen LogP contribution in [0.3, 0.4) is 0 Å². The molecule has 2 aromatic rings. The number of carbonyl (C=O) groups excluding carboxylic acids is 1. The molecule has 0 unspecified atom stereocenters. The van der Waals surface area contributed by atoms with Crippen LogP contribution in [0.15, 0.2) is 53.4 Å². The van der Waals surface area contributed by atoms with Gasteiger partial charge in [0.2, 0.25) is 0 Å². The number of anilines is 1. The van der Waals surface area contributed by atoms with Gasteiger partial charge in [0.15, 0.2) is 0 Å². The first-order valence-corrected chi connectivity index (χ1v) is 7.33. The third kappa shape index (κ3) is 2.99. The van der Waals surface area contributed by atoms with E-state index in [-0.39, 0.29) is 5.91 Å². The second-order valence-corrected chi connectivity index (χ2v) is 5.26. The van der Waals surface area contributed by atoms with Gasteiger partial charge in [-0.15, -0.1) is 11.8 Å². The summed E-state index contributed by atoms with van der Waals surface area (Å²) in [6, 6.07) is 15.7. The predicted octanol–water partition coefficient (Wildman–Crippen LogP) is 3.99. The second-order valence-electron chi connectivity index (χ2n) is 4.38. The van der Waals surface area contributed by atoms with E-state index in [0.717, 1.165) is 21.7 Å². The van der Waals surface area contributed by atoms with Crippen molar-refractivity contribution in [2.24, 2.45) is 0 Å². The number of benzene rings is 2. The number of para-hydroxylation sites is 1. The Hall–Kier alpha value is -1.74. The van der Waals surface area contributed by atoms with Crippen LogP contribution in [0.1, 0.15) is 15.9 Å². The number of rotatable bonds is 3. The number of thioether (sulfide) groups is 1. The molecule has 0 radical (unpaired) electrons. The number of carbonyl (C=O) groups is 1. The molecule has 0 aliphatic rings. The standard InChI is InChI=1S/C16H17NOS/c1-12-9-10-14(19-3)11-15(12)16(18)17(2)13-7-5-4-6-8-13/h4-11H,1-3H3. The van der Waals surface area contributed by atoms with E-state index in [0.29, 0.717) is 0 Å². The molecule has 2 aromatic carbocycles. The van der Waals surface area contributed by atoms with Gasteiger partial charge in [-0.3, -0.25) is 4.79 Å². The molecule has 0 aliphatic heterocycles. The van der Waals surface area contributed by atoms with E-state index in [9.17, 15) is 4.79 Å². The lowest BCUT2D eigenvalue weighted by Gasteiger charge is -2.18. The largest absolute Gasteiger partial charge is 0.311 e. The van der Waals surface area contributed by atoms with Gasteiger partial charge < -0.3 is 4.90 Å². The molecule has 2 rings (SSSR count). The van der Waals surface area contributed by atoms with Crippen LogP contribution in [0.4, 0.5) is 5.69 Å². The lowest BCUT2D eigenvalue weighted by molar-refractivity contribution is 0.0992. The fourth-order valence-electron chi connectivity index (χ4n) is 1.91. The first-order valence-electron chi connectivity index (χ1n) is 6.11. The van der Waals surface area contributed by atoms with E-state index in [4.69, 9.17) is 0 Å². The van der Waals surface area contributed by atoms with Crippen molar-refractivity contribution in [3.8, 4) is 0 Å². The molecule has 1 amide bonds. The maximum Gasteiger partial charge on any atom is 0.258 e. The normalized spacial score (nSPS) is 10.3. The smallest absolute Gasteiger partial charge is 0.258 e. The third-order valence-corrected chi connectivity index (χ3v) is 3.85. The second kappa shape index (κ2) is 5.93. The average molecular weight is 271 g/mol. The van der Waals surface area contributed by atoms with Gasteiger partial charge in [0.05, 0.1) is 0 Å². The minimum Gasteiger partial charge on any atom is -0.311 e. The first kappa shape index (κ1) is 13.7. The molecular formula is C16H17NOS. The van der Waals surface area contributed by atoms with Crippen molar-refractivity contribution >= 4 is 23.4 Å². The van der Waals surface area contributed by atoms with Crippen molar-refractivity contribution in [2.45, 2.75) is 11.8 Å². The minimum absolute atomic E-state index is 0.0274. The zero-order chi connectivity index (χ0) is 13.8. The summed E-state index contributed by atoms with van der Waals surface area (Å²) in [6.07, 6.45) is 2.01. The molecule has 0 N–H and O–H groups in total. The molecule has 0 spiro atoms. The number of nitrogens with zero attached hydrogens (tertiary/aromatic N) is 1. The van der Waals surface area contributed by atoms with Crippen LogP contribution in [0.2, 0.25) is 0 Å². The third-order valence-electron chi connectivity index (χ3n) is 3.12. The number of hydrogen-bond donors (Lipinski definition) is 0. The van der Waals surface area contributed by atoms with E-state index >= 15 is 0 Å². The number of hydrogen-bond acceptors (Lipinski definition) is 2. The van der Waals surface area contributed by atoms with Crippen molar-refractivity contribution in [1.82, 2.24) is 0 Å². The quantitative estimate of drug-likeness (QED) is 0.787. The summed E-state index contributed by atoms with van der Waals surface area (Å²) in [5.74, 6) is 0.0274. The van der Waals surface area contributed by atoms with Gasteiger partial charge in [0.1, 0.15) is 0 Å².